The van der Waals surface area contributed by atoms with Gasteiger partial charge in [0.25, 0.3) is 0 Å². The molecule has 7 nitrogen and oxygen atoms in total. The number of halogens is 1. The smallest absolute Gasteiger partial charge is 0.191 e. The molecule has 160 valence electrons. The summed E-state index contributed by atoms with van der Waals surface area (Å²) in [5.74, 6) is 3.52. The summed E-state index contributed by atoms with van der Waals surface area (Å²) >= 11 is 0. The predicted octanol–water partition coefficient (Wildman–Crippen LogP) is 3.46. The molecule has 2 aromatic carbocycles. The van der Waals surface area contributed by atoms with Gasteiger partial charge in [0, 0.05) is 13.6 Å². The molecule has 0 radical (unpaired) electrons. The second-order valence-electron chi connectivity index (χ2n) is 6.08. The zero-order chi connectivity index (χ0) is 20.4. The SMILES string of the molecule is CN=C(NCc1ccc(OC)c(OC)c1)NCC(C)Oc1ccccc1OC.I. The lowest BCUT2D eigenvalue weighted by Gasteiger charge is -2.19. The van der Waals surface area contributed by atoms with Crippen LogP contribution in [0.5, 0.6) is 23.0 Å². The highest BCUT2D eigenvalue weighted by atomic mass is 127. The number of para-hydroxylation sites is 2. The van der Waals surface area contributed by atoms with E-state index in [1.165, 1.54) is 0 Å². The lowest BCUT2D eigenvalue weighted by molar-refractivity contribution is 0.213. The lowest BCUT2D eigenvalue weighted by Crippen LogP contribution is -2.41. The molecule has 0 spiro atoms. The van der Waals surface area contributed by atoms with E-state index in [9.17, 15) is 0 Å². The average Bonchev–Trinajstić information content (AvgIpc) is 2.74. The molecule has 29 heavy (non-hydrogen) atoms. The van der Waals surface area contributed by atoms with Crippen molar-refractivity contribution in [2.24, 2.45) is 4.99 Å². The fraction of sp³-hybridized carbons (Fsp3) is 0.381. The van der Waals surface area contributed by atoms with E-state index in [-0.39, 0.29) is 30.1 Å². The van der Waals surface area contributed by atoms with Gasteiger partial charge in [-0.3, -0.25) is 4.99 Å². The maximum Gasteiger partial charge on any atom is 0.191 e. The number of nitrogens with one attached hydrogen (secondary N) is 2. The average molecular weight is 515 g/mol. The Morgan fingerprint density at radius 1 is 0.897 bits per heavy atom. The molecule has 8 heteroatoms. The minimum absolute atomic E-state index is 0. The van der Waals surface area contributed by atoms with Crippen molar-refractivity contribution in [1.82, 2.24) is 10.6 Å². The summed E-state index contributed by atoms with van der Waals surface area (Å²) in [5.41, 5.74) is 1.05. The van der Waals surface area contributed by atoms with Gasteiger partial charge in [0.05, 0.1) is 27.9 Å². The monoisotopic (exact) mass is 515 g/mol. The van der Waals surface area contributed by atoms with Gasteiger partial charge >= 0.3 is 0 Å². The van der Waals surface area contributed by atoms with Crippen molar-refractivity contribution < 1.29 is 18.9 Å². The molecule has 0 bridgehead atoms. The van der Waals surface area contributed by atoms with Gasteiger partial charge in [0.2, 0.25) is 0 Å². The molecule has 0 aliphatic carbocycles. The van der Waals surface area contributed by atoms with E-state index in [1.54, 1.807) is 28.4 Å². The van der Waals surface area contributed by atoms with Crippen LogP contribution < -0.4 is 29.6 Å². The third-order valence-electron chi connectivity index (χ3n) is 4.09. The number of guanidine groups is 1. The Balaban J connectivity index is 0.00000420. The highest BCUT2D eigenvalue weighted by Crippen LogP contribution is 2.28. The van der Waals surface area contributed by atoms with E-state index in [4.69, 9.17) is 18.9 Å². The minimum Gasteiger partial charge on any atom is -0.493 e. The Labute approximate surface area is 189 Å². The predicted molar refractivity (Wildman–Crippen MR) is 126 cm³/mol. The van der Waals surface area contributed by atoms with Gasteiger partial charge in [-0.15, -0.1) is 24.0 Å². The number of nitrogens with zero attached hydrogens (tertiary/aromatic N) is 1. The lowest BCUT2D eigenvalue weighted by atomic mass is 10.2. The Morgan fingerprint density at radius 2 is 1.52 bits per heavy atom. The maximum atomic E-state index is 5.95. The van der Waals surface area contributed by atoms with E-state index >= 15 is 0 Å². The quantitative estimate of drug-likeness (QED) is 0.303. The van der Waals surface area contributed by atoms with Gasteiger partial charge in [-0.1, -0.05) is 18.2 Å². The highest BCUT2D eigenvalue weighted by Gasteiger charge is 2.10. The molecule has 0 heterocycles. The zero-order valence-electron chi connectivity index (χ0n) is 17.5. The minimum atomic E-state index is -0.0732. The molecule has 1 unspecified atom stereocenters. The van der Waals surface area contributed by atoms with Crippen LogP contribution in [0.15, 0.2) is 47.5 Å². The topological polar surface area (TPSA) is 73.3 Å². The largest absolute Gasteiger partial charge is 0.493 e. The molecular formula is C21H30IN3O4. The Bertz CT molecular complexity index is 786. The first-order valence-corrected chi connectivity index (χ1v) is 9.06. The fourth-order valence-corrected chi connectivity index (χ4v) is 2.61. The number of benzene rings is 2. The van der Waals surface area contributed by atoms with Crippen LogP contribution in [0.25, 0.3) is 0 Å². The molecule has 1 atom stereocenters. The molecule has 2 N–H and O–H groups in total. The zero-order valence-corrected chi connectivity index (χ0v) is 19.9. The van der Waals surface area contributed by atoms with Crippen molar-refractivity contribution in [2.75, 3.05) is 34.9 Å². The van der Waals surface area contributed by atoms with Crippen LogP contribution in [-0.4, -0.2) is 47.0 Å². The van der Waals surface area contributed by atoms with Gasteiger partial charge in [-0.25, -0.2) is 0 Å². The molecule has 0 aromatic heterocycles. The highest BCUT2D eigenvalue weighted by molar-refractivity contribution is 14.0. The number of hydrogen-bond acceptors (Lipinski definition) is 5. The standard InChI is InChI=1S/C21H29N3O4.HI/c1-15(28-19-9-7-6-8-17(19)25-3)13-23-21(22-2)24-14-16-10-11-18(26-4)20(12-16)27-5;/h6-12,15H,13-14H2,1-5H3,(H2,22,23,24);1H. The number of rotatable bonds is 9. The molecular weight excluding hydrogens is 485 g/mol. The molecule has 0 aliphatic heterocycles. The second-order valence-corrected chi connectivity index (χ2v) is 6.08. The summed E-state index contributed by atoms with van der Waals surface area (Å²) in [5, 5.41) is 6.54. The summed E-state index contributed by atoms with van der Waals surface area (Å²) in [6.45, 7) is 3.17. The number of aliphatic imine (C=N–C) groups is 1. The van der Waals surface area contributed by atoms with Gasteiger partial charge in [0.1, 0.15) is 6.10 Å². The summed E-state index contributed by atoms with van der Waals surface area (Å²) in [4.78, 5) is 4.25. The van der Waals surface area contributed by atoms with Crippen molar-refractivity contribution in [1.29, 1.82) is 0 Å². The van der Waals surface area contributed by atoms with Crippen molar-refractivity contribution >= 4 is 29.9 Å². The first-order chi connectivity index (χ1) is 13.6. The van der Waals surface area contributed by atoms with E-state index in [0.29, 0.717) is 42.0 Å². The van der Waals surface area contributed by atoms with E-state index in [1.807, 2.05) is 49.4 Å². The van der Waals surface area contributed by atoms with Crippen LogP contribution >= 0.6 is 24.0 Å². The first kappa shape index (κ1) is 24.7. The van der Waals surface area contributed by atoms with Crippen molar-refractivity contribution in [3.63, 3.8) is 0 Å². The van der Waals surface area contributed by atoms with E-state index in [0.717, 1.165) is 5.56 Å². The van der Waals surface area contributed by atoms with Crippen LogP contribution in [0.2, 0.25) is 0 Å². The molecule has 0 aliphatic rings. The second kappa shape index (κ2) is 13.0. The van der Waals surface area contributed by atoms with Crippen LogP contribution in [0, 0.1) is 0 Å². The summed E-state index contributed by atoms with van der Waals surface area (Å²) in [7, 11) is 6.61. The molecule has 2 aromatic rings. The third-order valence-corrected chi connectivity index (χ3v) is 4.09. The van der Waals surface area contributed by atoms with Crippen LogP contribution in [0.3, 0.4) is 0 Å². The molecule has 0 saturated carbocycles. The number of ether oxygens (including phenoxy) is 4. The Morgan fingerprint density at radius 3 is 2.14 bits per heavy atom. The Hall–Kier alpha value is -2.36. The Kier molecular flexibility index (Phi) is 11.0. The van der Waals surface area contributed by atoms with Crippen LogP contribution in [0.1, 0.15) is 12.5 Å². The first-order valence-electron chi connectivity index (χ1n) is 9.06. The molecule has 0 amide bonds. The van der Waals surface area contributed by atoms with Crippen molar-refractivity contribution in [2.45, 2.75) is 19.6 Å². The fourth-order valence-electron chi connectivity index (χ4n) is 2.61. The van der Waals surface area contributed by atoms with Crippen molar-refractivity contribution in [3.8, 4) is 23.0 Å². The number of methoxy groups -OCH3 is 3. The van der Waals surface area contributed by atoms with Crippen molar-refractivity contribution in [3.05, 3.63) is 48.0 Å². The van der Waals surface area contributed by atoms with Gasteiger partial charge in [-0.2, -0.15) is 0 Å². The molecule has 0 fully saturated rings. The van der Waals surface area contributed by atoms with Crippen LogP contribution in [0.4, 0.5) is 0 Å². The summed E-state index contributed by atoms with van der Waals surface area (Å²) < 4.78 is 21.9. The molecule has 0 saturated heterocycles. The van der Waals surface area contributed by atoms with Gasteiger partial charge in [-0.05, 0) is 36.8 Å². The van der Waals surface area contributed by atoms with E-state index in [2.05, 4.69) is 15.6 Å². The molecule has 2 rings (SSSR count). The summed E-state index contributed by atoms with van der Waals surface area (Å²) in [6, 6.07) is 13.4. The van der Waals surface area contributed by atoms with Gasteiger partial charge in [0.15, 0.2) is 29.0 Å². The summed E-state index contributed by atoms with van der Waals surface area (Å²) in [6.07, 6.45) is -0.0732. The third kappa shape index (κ3) is 7.52. The normalized spacial score (nSPS) is 11.7. The van der Waals surface area contributed by atoms with Crippen LogP contribution in [-0.2, 0) is 6.54 Å². The number of hydrogen-bond donors (Lipinski definition) is 2. The van der Waals surface area contributed by atoms with E-state index < -0.39 is 0 Å². The van der Waals surface area contributed by atoms with Gasteiger partial charge < -0.3 is 29.6 Å². The maximum absolute atomic E-state index is 5.95.